The zero-order valence-corrected chi connectivity index (χ0v) is 20.2. The lowest BCUT2D eigenvalue weighted by Crippen LogP contribution is -2.47. The fourth-order valence-corrected chi connectivity index (χ4v) is 5.31. The second kappa shape index (κ2) is 9.48. The van der Waals surface area contributed by atoms with E-state index in [1.165, 1.54) is 0 Å². The van der Waals surface area contributed by atoms with E-state index in [2.05, 4.69) is 33.9 Å². The Morgan fingerprint density at radius 1 is 1.30 bits per heavy atom. The number of hydrogen-bond acceptors (Lipinski definition) is 6. The fraction of sp³-hybridized carbons (Fsp3) is 0.947. The van der Waals surface area contributed by atoms with Crippen LogP contribution in [0.5, 0.6) is 0 Å². The zero-order chi connectivity index (χ0) is 21.0. The summed E-state index contributed by atoms with van der Waals surface area (Å²) in [6.45, 7) is 17.8. The van der Waals surface area contributed by atoms with E-state index in [0.29, 0.717) is 18.8 Å². The van der Waals surface area contributed by atoms with Crippen molar-refractivity contribution < 1.29 is 19.1 Å². The molecule has 160 valence electrons. The molecule has 3 atom stereocenters. The Morgan fingerprint density at radius 3 is 2.33 bits per heavy atom. The highest BCUT2D eigenvalue weighted by atomic mass is 32.2. The minimum absolute atomic E-state index is 0.00723. The number of thioether (sulfide) groups is 1. The van der Waals surface area contributed by atoms with Crippen LogP contribution in [0.3, 0.4) is 0 Å². The molecule has 0 bridgehead atoms. The van der Waals surface area contributed by atoms with Crippen LogP contribution in [0.15, 0.2) is 0 Å². The molecule has 0 aliphatic carbocycles. The van der Waals surface area contributed by atoms with Gasteiger partial charge in [0.1, 0.15) is 5.60 Å². The summed E-state index contributed by atoms with van der Waals surface area (Å²) in [5.74, 6) is 0.605. The summed E-state index contributed by atoms with van der Waals surface area (Å²) >= 11 is 1.61. The maximum Gasteiger partial charge on any atom is 0.410 e. The van der Waals surface area contributed by atoms with E-state index in [9.17, 15) is 9.90 Å². The largest absolute Gasteiger partial charge is 0.444 e. The van der Waals surface area contributed by atoms with Gasteiger partial charge in [0, 0.05) is 24.1 Å². The minimum atomic E-state index is -1.94. The van der Waals surface area contributed by atoms with Crippen molar-refractivity contribution in [2.24, 2.45) is 5.73 Å². The lowest BCUT2D eigenvalue weighted by Gasteiger charge is -2.38. The van der Waals surface area contributed by atoms with E-state index < -0.39 is 13.9 Å². The van der Waals surface area contributed by atoms with Gasteiger partial charge < -0.3 is 24.9 Å². The molecule has 1 aliphatic rings. The standard InChI is InChI=1S/C19H40N2O4SSi/c1-18(2,3)24-17(23)21-13-14(25-27(7,8)19(4,5)6)11-15(21)16(12-20)26-10-9-22/h14-16,22H,9-13,20H2,1-8H3/t14-,15+,16?/m1/s1. The van der Waals surface area contributed by atoms with Crippen molar-refractivity contribution in [2.75, 3.05) is 25.4 Å². The average molecular weight is 421 g/mol. The highest BCUT2D eigenvalue weighted by Crippen LogP contribution is 2.40. The molecule has 1 aliphatic heterocycles. The van der Waals surface area contributed by atoms with Crippen molar-refractivity contribution in [3.63, 3.8) is 0 Å². The third kappa shape index (κ3) is 7.23. The molecule has 0 aromatic carbocycles. The number of aliphatic hydroxyl groups excluding tert-OH is 1. The van der Waals surface area contributed by atoms with Gasteiger partial charge in [-0.2, -0.15) is 11.8 Å². The zero-order valence-electron chi connectivity index (χ0n) is 18.4. The number of nitrogens with zero attached hydrogens (tertiary/aromatic N) is 1. The van der Waals surface area contributed by atoms with Crippen molar-refractivity contribution in [2.45, 2.75) is 89.1 Å². The molecule has 1 unspecified atom stereocenters. The molecule has 0 aromatic heterocycles. The van der Waals surface area contributed by atoms with E-state index in [1.807, 2.05) is 20.8 Å². The van der Waals surface area contributed by atoms with E-state index in [4.69, 9.17) is 14.9 Å². The third-order valence-electron chi connectivity index (χ3n) is 5.29. The number of hydrogen-bond donors (Lipinski definition) is 2. The Morgan fingerprint density at radius 2 is 1.89 bits per heavy atom. The molecule has 0 spiro atoms. The van der Waals surface area contributed by atoms with Crippen molar-refractivity contribution in [1.82, 2.24) is 4.90 Å². The van der Waals surface area contributed by atoms with Crippen molar-refractivity contribution in [3.05, 3.63) is 0 Å². The van der Waals surface area contributed by atoms with Gasteiger partial charge in [-0.25, -0.2) is 4.79 Å². The first kappa shape index (κ1) is 24.8. The molecule has 27 heavy (non-hydrogen) atoms. The van der Waals surface area contributed by atoms with Gasteiger partial charge in [0.25, 0.3) is 0 Å². The van der Waals surface area contributed by atoms with E-state index in [0.717, 1.165) is 6.42 Å². The molecule has 1 rings (SSSR count). The van der Waals surface area contributed by atoms with Gasteiger partial charge in [0.15, 0.2) is 8.32 Å². The van der Waals surface area contributed by atoms with Gasteiger partial charge in [0.2, 0.25) is 0 Å². The second-order valence-corrected chi connectivity index (χ2v) is 15.9. The molecule has 8 heteroatoms. The van der Waals surface area contributed by atoms with E-state index >= 15 is 0 Å². The molecule has 3 N–H and O–H groups in total. The molecule has 0 radical (unpaired) electrons. The van der Waals surface area contributed by atoms with Crippen LogP contribution in [0.1, 0.15) is 48.0 Å². The second-order valence-electron chi connectivity index (χ2n) is 9.80. The predicted octanol–water partition coefficient (Wildman–Crippen LogP) is 3.44. The number of amides is 1. The van der Waals surface area contributed by atoms with Gasteiger partial charge in [0.05, 0.1) is 18.8 Å². The number of carbonyl (C=O) groups is 1. The summed E-state index contributed by atoms with van der Waals surface area (Å²) < 4.78 is 12.2. The van der Waals surface area contributed by atoms with Crippen LogP contribution in [0, 0.1) is 0 Å². The molecular formula is C19H40N2O4SSi. The monoisotopic (exact) mass is 420 g/mol. The molecule has 1 saturated heterocycles. The molecular weight excluding hydrogens is 380 g/mol. The van der Waals surface area contributed by atoms with E-state index in [1.54, 1.807) is 16.7 Å². The average Bonchev–Trinajstić information content (AvgIpc) is 2.88. The molecule has 1 amide bonds. The molecule has 1 fully saturated rings. The minimum Gasteiger partial charge on any atom is -0.444 e. The summed E-state index contributed by atoms with van der Waals surface area (Å²) in [5, 5.41) is 9.36. The number of ether oxygens (including phenoxy) is 1. The Kier molecular flexibility index (Phi) is 8.69. The smallest absolute Gasteiger partial charge is 0.410 e. The maximum absolute atomic E-state index is 12.8. The van der Waals surface area contributed by atoms with Gasteiger partial charge in [-0.15, -0.1) is 0 Å². The van der Waals surface area contributed by atoms with Crippen LogP contribution in [0.2, 0.25) is 18.1 Å². The Bertz CT molecular complexity index is 491. The molecule has 0 saturated carbocycles. The number of aliphatic hydroxyl groups is 1. The summed E-state index contributed by atoms with van der Waals surface area (Å²) in [5.41, 5.74) is 5.47. The summed E-state index contributed by atoms with van der Waals surface area (Å²) in [6.07, 6.45) is 0.440. The Hall–Kier alpha value is -0.283. The number of carbonyl (C=O) groups excluding carboxylic acids is 1. The predicted molar refractivity (Wildman–Crippen MR) is 116 cm³/mol. The van der Waals surface area contributed by atoms with Gasteiger partial charge in [-0.3, -0.25) is 0 Å². The van der Waals surface area contributed by atoms with Crippen LogP contribution in [-0.4, -0.2) is 72.9 Å². The first-order valence-corrected chi connectivity index (χ1v) is 13.8. The lowest BCUT2D eigenvalue weighted by molar-refractivity contribution is 0.0210. The lowest BCUT2D eigenvalue weighted by atomic mass is 10.1. The van der Waals surface area contributed by atoms with Gasteiger partial charge >= 0.3 is 6.09 Å². The SMILES string of the molecule is CC(C)(C)OC(=O)N1C[C@H](O[Si](C)(C)C(C)(C)C)C[C@H]1C(CN)SCCO. The number of rotatable bonds is 7. The fourth-order valence-electron chi connectivity index (χ4n) is 2.93. The topological polar surface area (TPSA) is 85.0 Å². The van der Waals surface area contributed by atoms with Crippen LogP contribution < -0.4 is 5.73 Å². The molecule has 6 nitrogen and oxygen atoms in total. The Balaban J connectivity index is 3.00. The first-order chi connectivity index (χ1) is 12.2. The Labute approximate surface area is 170 Å². The first-order valence-electron chi connectivity index (χ1n) is 9.82. The van der Waals surface area contributed by atoms with Crippen LogP contribution in [-0.2, 0) is 9.16 Å². The van der Waals surface area contributed by atoms with Crippen LogP contribution >= 0.6 is 11.8 Å². The molecule has 0 aromatic rings. The third-order valence-corrected chi connectivity index (χ3v) is 11.2. The van der Waals surface area contributed by atoms with Crippen molar-refractivity contribution in [3.8, 4) is 0 Å². The van der Waals surface area contributed by atoms with Crippen LogP contribution in [0.25, 0.3) is 0 Å². The summed E-state index contributed by atoms with van der Waals surface area (Å²) in [7, 11) is -1.94. The quantitative estimate of drug-likeness (QED) is 0.614. The van der Waals surface area contributed by atoms with E-state index in [-0.39, 0.29) is 35.1 Å². The number of likely N-dealkylation sites (tertiary alicyclic amines) is 1. The normalized spacial score (nSPS) is 22.8. The summed E-state index contributed by atoms with van der Waals surface area (Å²) in [6, 6.07) is -0.0452. The van der Waals surface area contributed by atoms with Crippen LogP contribution in [0.4, 0.5) is 4.79 Å². The molecule has 1 heterocycles. The van der Waals surface area contributed by atoms with Gasteiger partial charge in [-0.05, 0) is 45.3 Å². The summed E-state index contributed by atoms with van der Waals surface area (Å²) in [4.78, 5) is 14.6. The highest BCUT2D eigenvalue weighted by Gasteiger charge is 2.46. The highest BCUT2D eigenvalue weighted by molar-refractivity contribution is 8.00. The van der Waals surface area contributed by atoms with Gasteiger partial charge in [-0.1, -0.05) is 20.8 Å². The van der Waals surface area contributed by atoms with Crippen molar-refractivity contribution in [1.29, 1.82) is 0 Å². The maximum atomic E-state index is 12.8. The van der Waals surface area contributed by atoms with Crippen molar-refractivity contribution >= 4 is 26.2 Å². The number of nitrogens with two attached hydrogens (primary N) is 1.